The number of aliphatic hydroxyl groups excluding tert-OH is 1. The van der Waals surface area contributed by atoms with Gasteiger partial charge in [-0.3, -0.25) is 9.69 Å². The number of hydrogen-bond acceptors (Lipinski definition) is 3. The van der Waals surface area contributed by atoms with Crippen LogP contribution in [0.5, 0.6) is 0 Å². The predicted octanol–water partition coefficient (Wildman–Crippen LogP) is 1.35. The van der Waals surface area contributed by atoms with E-state index in [0.29, 0.717) is 13.1 Å². The van der Waals surface area contributed by atoms with Crippen LogP contribution in [-0.2, 0) is 11.3 Å². The smallest absolute Gasteiger partial charge is 0.236 e. The minimum absolute atomic E-state index is 0.159. The molecule has 0 aromatic heterocycles. The van der Waals surface area contributed by atoms with Crippen molar-refractivity contribution in [3.63, 3.8) is 0 Å². The number of likely N-dealkylation sites (tertiary alicyclic amines) is 1. The van der Waals surface area contributed by atoms with Crippen molar-refractivity contribution in [1.82, 2.24) is 9.80 Å². The van der Waals surface area contributed by atoms with Gasteiger partial charge in [0.15, 0.2) is 0 Å². The first kappa shape index (κ1) is 15.0. The molecule has 2 atom stereocenters. The number of carbonyl (C=O) groups is 1. The summed E-state index contributed by atoms with van der Waals surface area (Å²) in [6.45, 7) is 4.48. The van der Waals surface area contributed by atoms with E-state index in [0.717, 1.165) is 19.5 Å². The Morgan fingerprint density at radius 3 is 2.75 bits per heavy atom. The van der Waals surface area contributed by atoms with Gasteiger partial charge in [0, 0.05) is 25.6 Å². The van der Waals surface area contributed by atoms with E-state index in [9.17, 15) is 9.90 Å². The Bertz CT molecular complexity index is 433. The molecule has 0 saturated carbocycles. The topological polar surface area (TPSA) is 43.8 Å². The molecule has 1 saturated heterocycles. The molecule has 20 heavy (non-hydrogen) atoms. The molecule has 1 aromatic carbocycles. The molecule has 0 spiro atoms. The van der Waals surface area contributed by atoms with E-state index >= 15 is 0 Å². The van der Waals surface area contributed by atoms with Crippen LogP contribution in [0.15, 0.2) is 30.3 Å². The molecule has 4 heteroatoms. The number of hydrogen-bond donors (Lipinski definition) is 1. The van der Waals surface area contributed by atoms with E-state index in [1.165, 1.54) is 5.56 Å². The fraction of sp³-hybridized carbons (Fsp3) is 0.562. The SMILES string of the molecule is CC(O)C1CCN(C(=O)CN(C)Cc2ccccc2)C1. The Morgan fingerprint density at radius 2 is 2.15 bits per heavy atom. The average Bonchev–Trinajstić information content (AvgIpc) is 2.89. The van der Waals surface area contributed by atoms with Crippen LogP contribution in [0.4, 0.5) is 0 Å². The van der Waals surface area contributed by atoms with Crippen molar-refractivity contribution < 1.29 is 9.90 Å². The van der Waals surface area contributed by atoms with Crippen molar-refractivity contribution in [3.8, 4) is 0 Å². The van der Waals surface area contributed by atoms with Gasteiger partial charge >= 0.3 is 0 Å². The van der Waals surface area contributed by atoms with E-state index in [1.54, 1.807) is 6.92 Å². The highest BCUT2D eigenvalue weighted by atomic mass is 16.3. The van der Waals surface area contributed by atoms with E-state index in [1.807, 2.05) is 35.0 Å². The monoisotopic (exact) mass is 276 g/mol. The van der Waals surface area contributed by atoms with Crippen molar-refractivity contribution >= 4 is 5.91 Å². The van der Waals surface area contributed by atoms with Gasteiger partial charge in [-0.05, 0) is 26.0 Å². The number of rotatable bonds is 5. The summed E-state index contributed by atoms with van der Waals surface area (Å²) >= 11 is 0. The lowest BCUT2D eigenvalue weighted by Gasteiger charge is -2.22. The van der Waals surface area contributed by atoms with Crippen LogP contribution in [0.3, 0.4) is 0 Å². The second-order valence-electron chi connectivity index (χ2n) is 5.79. The van der Waals surface area contributed by atoms with Crippen molar-refractivity contribution in [1.29, 1.82) is 0 Å². The maximum Gasteiger partial charge on any atom is 0.236 e. The Kier molecular flexibility index (Phi) is 5.15. The number of likely N-dealkylation sites (N-methyl/N-ethyl adjacent to an activating group) is 1. The van der Waals surface area contributed by atoms with E-state index in [4.69, 9.17) is 0 Å². The molecule has 1 aromatic rings. The molecule has 2 unspecified atom stereocenters. The third-order valence-corrected chi connectivity index (χ3v) is 3.96. The average molecular weight is 276 g/mol. The lowest BCUT2D eigenvalue weighted by atomic mass is 10.0. The fourth-order valence-electron chi connectivity index (χ4n) is 2.69. The van der Waals surface area contributed by atoms with Gasteiger partial charge in [0.2, 0.25) is 5.91 Å². The number of nitrogens with zero attached hydrogens (tertiary/aromatic N) is 2. The first-order chi connectivity index (χ1) is 9.56. The quantitative estimate of drug-likeness (QED) is 0.883. The molecule has 4 nitrogen and oxygen atoms in total. The summed E-state index contributed by atoms with van der Waals surface area (Å²) in [4.78, 5) is 16.1. The van der Waals surface area contributed by atoms with E-state index in [-0.39, 0.29) is 17.9 Å². The normalized spacial score (nSPS) is 20.4. The summed E-state index contributed by atoms with van der Waals surface area (Å²) in [7, 11) is 1.97. The molecule has 1 N–H and O–H groups in total. The minimum atomic E-state index is -0.324. The zero-order valence-corrected chi connectivity index (χ0v) is 12.3. The zero-order chi connectivity index (χ0) is 14.5. The molecule has 0 aliphatic carbocycles. The third kappa shape index (κ3) is 4.05. The highest BCUT2D eigenvalue weighted by molar-refractivity contribution is 5.78. The van der Waals surface area contributed by atoms with Gasteiger partial charge < -0.3 is 10.0 Å². The summed E-state index contributed by atoms with van der Waals surface area (Å²) in [5.74, 6) is 0.393. The number of aliphatic hydroxyl groups is 1. The van der Waals surface area contributed by atoms with Crippen LogP contribution in [0.25, 0.3) is 0 Å². The van der Waals surface area contributed by atoms with E-state index in [2.05, 4.69) is 12.1 Å². The van der Waals surface area contributed by atoms with Crippen LogP contribution in [-0.4, -0.2) is 53.6 Å². The summed E-state index contributed by atoms with van der Waals surface area (Å²) in [5, 5.41) is 9.58. The summed E-state index contributed by atoms with van der Waals surface area (Å²) in [6, 6.07) is 10.2. The van der Waals surface area contributed by atoms with Crippen molar-refractivity contribution in [2.75, 3.05) is 26.7 Å². The summed E-state index contributed by atoms with van der Waals surface area (Å²) < 4.78 is 0. The number of amides is 1. The Hall–Kier alpha value is -1.39. The molecule has 1 heterocycles. The number of carbonyl (C=O) groups excluding carboxylic acids is 1. The molecule has 110 valence electrons. The molecule has 1 amide bonds. The van der Waals surface area contributed by atoms with Gasteiger partial charge in [-0.25, -0.2) is 0 Å². The van der Waals surface area contributed by atoms with Crippen LogP contribution in [0.2, 0.25) is 0 Å². The zero-order valence-electron chi connectivity index (χ0n) is 12.3. The van der Waals surface area contributed by atoms with Crippen LogP contribution in [0.1, 0.15) is 18.9 Å². The maximum absolute atomic E-state index is 12.2. The molecule has 1 aliphatic heterocycles. The maximum atomic E-state index is 12.2. The molecule has 0 radical (unpaired) electrons. The lowest BCUT2D eigenvalue weighted by Crippen LogP contribution is -2.38. The van der Waals surface area contributed by atoms with Crippen molar-refractivity contribution in [2.45, 2.75) is 26.0 Å². The van der Waals surface area contributed by atoms with E-state index < -0.39 is 0 Å². The minimum Gasteiger partial charge on any atom is -0.393 e. The third-order valence-electron chi connectivity index (χ3n) is 3.96. The number of benzene rings is 1. The lowest BCUT2D eigenvalue weighted by molar-refractivity contribution is -0.131. The molecule has 0 bridgehead atoms. The molecular weight excluding hydrogens is 252 g/mol. The van der Waals surface area contributed by atoms with Gasteiger partial charge in [0.05, 0.1) is 12.6 Å². The van der Waals surface area contributed by atoms with Gasteiger partial charge in [0.1, 0.15) is 0 Å². The molecule has 1 fully saturated rings. The first-order valence-electron chi connectivity index (χ1n) is 7.24. The predicted molar refractivity (Wildman–Crippen MR) is 79.1 cm³/mol. The second kappa shape index (κ2) is 6.86. The van der Waals surface area contributed by atoms with Crippen LogP contribution >= 0.6 is 0 Å². The highest BCUT2D eigenvalue weighted by Crippen LogP contribution is 2.19. The summed E-state index contributed by atoms with van der Waals surface area (Å²) in [5.41, 5.74) is 1.21. The Labute approximate surface area is 121 Å². The largest absolute Gasteiger partial charge is 0.393 e. The Morgan fingerprint density at radius 1 is 1.45 bits per heavy atom. The molecular formula is C16H24N2O2. The Balaban J connectivity index is 1.80. The van der Waals surface area contributed by atoms with Crippen LogP contribution in [0, 0.1) is 5.92 Å². The second-order valence-corrected chi connectivity index (χ2v) is 5.79. The fourth-order valence-corrected chi connectivity index (χ4v) is 2.69. The first-order valence-corrected chi connectivity index (χ1v) is 7.24. The van der Waals surface area contributed by atoms with Crippen LogP contribution < -0.4 is 0 Å². The van der Waals surface area contributed by atoms with Gasteiger partial charge in [-0.1, -0.05) is 30.3 Å². The van der Waals surface area contributed by atoms with Gasteiger partial charge in [0.25, 0.3) is 0 Å². The summed E-state index contributed by atoms with van der Waals surface area (Å²) in [6.07, 6.45) is 0.584. The standard InChI is InChI=1S/C16H24N2O2/c1-13(19)15-8-9-18(11-15)16(20)12-17(2)10-14-6-4-3-5-7-14/h3-7,13,15,19H,8-12H2,1-2H3. The van der Waals surface area contributed by atoms with Crippen molar-refractivity contribution in [2.24, 2.45) is 5.92 Å². The molecule has 2 rings (SSSR count). The van der Waals surface area contributed by atoms with Gasteiger partial charge in [-0.2, -0.15) is 0 Å². The molecule has 1 aliphatic rings. The van der Waals surface area contributed by atoms with Crippen molar-refractivity contribution in [3.05, 3.63) is 35.9 Å². The highest BCUT2D eigenvalue weighted by Gasteiger charge is 2.29. The van der Waals surface area contributed by atoms with Gasteiger partial charge in [-0.15, -0.1) is 0 Å².